The van der Waals surface area contributed by atoms with Crippen LogP contribution in [0.5, 0.6) is 5.75 Å². The molecule has 0 saturated heterocycles. The zero-order chi connectivity index (χ0) is 17.9. The fourth-order valence-corrected chi connectivity index (χ4v) is 3.67. The molecule has 3 rings (SSSR count). The Morgan fingerprint density at radius 2 is 1.44 bits per heavy atom. The molecule has 0 aliphatic rings. The Bertz CT molecular complexity index is 1010. The molecule has 0 radical (unpaired) electrons. The molecule has 0 heterocycles. The average Bonchev–Trinajstić information content (AvgIpc) is 2.63. The Morgan fingerprint density at radius 3 is 2.16 bits per heavy atom. The van der Waals surface area contributed by atoms with E-state index in [0.717, 1.165) is 0 Å². The van der Waals surface area contributed by atoms with Gasteiger partial charge in [-0.15, -0.1) is 0 Å². The van der Waals surface area contributed by atoms with Crippen LogP contribution in [0.2, 0.25) is 0 Å². The van der Waals surface area contributed by atoms with E-state index in [0.29, 0.717) is 5.69 Å². The lowest BCUT2D eigenvalue weighted by molar-refractivity contribution is 0.102. The molecule has 6 heteroatoms. The highest BCUT2D eigenvalue weighted by atomic mass is 32.2. The summed E-state index contributed by atoms with van der Waals surface area (Å²) in [6, 6.07) is 20.2. The van der Waals surface area contributed by atoms with Gasteiger partial charge < -0.3 is 10.4 Å². The number of anilines is 1. The van der Waals surface area contributed by atoms with Gasteiger partial charge in [-0.1, -0.05) is 36.4 Å². The van der Waals surface area contributed by atoms with E-state index in [2.05, 4.69) is 5.32 Å². The lowest BCUT2D eigenvalue weighted by atomic mass is 10.2. The van der Waals surface area contributed by atoms with Crippen LogP contribution in [0.4, 0.5) is 5.69 Å². The fourth-order valence-electron chi connectivity index (χ4n) is 2.34. The van der Waals surface area contributed by atoms with E-state index in [9.17, 15) is 18.3 Å². The zero-order valence-corrected chi connectivity index (χ0v) is 13.9. The summed E-state index contributed by atoms with van der Waals surface area (Å²) in [7, 11) is -3.67. The first-order valence-corrected chi connectivity index (χ1v) is 8.96. The Balaban J connectivity index is 1.90. The lowest BCUT2D eigenvalue weighted by Gasteiger charge is -2.09. The molecule has 126 valence electrons. The third kappa shape index (κ3) is 3.54. The zero-order valence-electron chi connectivity index (χ0n) is 13.1. The number of carbonyl (C=O) groups is 1. The van der Waals surface area contributed by atoms with Gasteiger partial charge in [-0.25, -0.2) is 8.42 Å². The summed E-state index contributed by atoms with van der Waals surface area (Å²) in [4.78, 5) is 12.5. The number of sulfone groups is 1. The Hall–Kier alpha value is -3.12. The number of phenols is 1. The van der Waals surface area contributed by atoms with Crippen molar-refractivity contribution in [2.75, 3.05) is 5.32 Å². The highest BCUT2D eigenvalue weighted by Crippen LogP contribution is 2.24. The standard InChI is InChI=1S/C19H15NO4S/c21-18-12-5-4-11-17(18)19(22)20-14-7-6-10-16(13-14)25(23,24)15-8-2-1-3-9-15/h1-13,21H,(H,20,22). The first kappa shape index (κ1) is 16.7. The summed E-state index contributed by atoms with van der Waals surface area (Å²) in [6.45, 7) is 0. The van der Waals surface area contributed by atoms with Crippen molar-refractivity contribution in [2.45, 2.75) is 9.79 Å². The van der Waals surface area contributed by atoms with Crippen molar-refractivity contribution in [3.05, 3.63) is 84.4 Å². The maximum absolute atomic E-state index is 12.6. The number of para-hydroxylation sites is 1. The number of rotatable bonds is 4. The molecule has 1 amide bonds. The normalized spacial score (nSPS) is 11.0. The molecular formula is C19H15NO4S. The largest absolute Gasteiger partial charge is 0.507 e. The van der Waals surface area contributed by atoms with E-state index < -0.39 is 15.7 Å². The highest BCUT2D eigenvalue weighted by molar-refractivity contribution is 7.91. The summed E-state index contributed by atoms with van der Waals surface area (Å²) in [5.41, 5.74) is 0.434. The van der Waals surface area contributed by atoms with Crippen molar-refractivity contribution in [3.63, 3.8) is 0 Å². The molecule has 0 fully saturated rings. The van der Waals surface area contributed by atoms with Crippen LogP contribution in [0, 0.1) is 0 Å². The molecule has 0 bridgehead atoms. The van der Waals surface area contributed by atoms with E-state index in [1.165, 1.54) is 36.4 Å². The maximum Gasteiger partial charge on any atom is 0.259 e. The average molecular weight is 353 g/mol. The molecular weight excluding hydrogens is 338 g/mol. The monoisotopic (exact) mass is 353 g/mol. The van der Waals surface area contributed by atoms with Gasteiger partial charge in [0.05, 0.1) is 15.4 Å². The van der Waals surface area contributed by atoms with Crippen molar-refractivity contribution < 1.29 is 18.3 Å². The van der Waals surface area contributed by atoms with Crippen molar-refractivity contribution in [1.29, 1.82) is 0 Å². The molecule has 0 atom stereocenters. The number of phenolic OH excluding ortho intramolecular Hbond substituents is 1. The van der Waals surface area contributed by atoms with Crippen LogP contribution in [-0.4, -0.2) is 19.4 Å². The number of hydrogen-bond donors (Lipinski definition) is 2. The van der Waals surface area contributed by atoms with Gasteiger partial charge in [0, 0.05) is 5.69 Å². The van der Waals surface area contributed by atoms with E-state index in [1.807, 2.05) is 0 Å². The number of aromatic hydroxyl groups is 1. The van der Waals surface area contributed by atoms with Crippen molar-refractivity contribution in [3.8, 4) is 5.75 Å². The minimum absolute atomic E-state index is 0.0776. The van der Waals surface area contributed by atoms with Crippen LogP contribution < -0.4 is 5.32 Å². The molecule has 3 aromatic carbocycles. The third-order valence-electron chi connectivity index (χ3n) is 3.60. The third-order valence-corrected chi connectivity index (χ3v) is 5.37. The smallest absolute Gasteiger partial charge is 0.259 e. The van der Waals surface area contributed by atoms with Crippen LogP contribution in [-0.2, 0) is 9.84 Å². The molecule has 0 spiro atoms. The minimum Gasteiger partial charge on any atom is -0.507 e. The quantitative estimate of drug-likeness (QED) is 0.752. The highest BCUT2D eigenvalue weighted by Gasteiger charge is 2.18. The van der Waals surface area contributed by atoms with E-state index in [-0.39, 0.29) is 21.1 Å². The van der Waals surface area contributed by atoms with Crippen molar-refractivity contribution in [2.24, 2.45) is 0 Å². The van der Waals surface area contributed by atoms with Gasteiger partial charge in [0.15, 0.2) is 0 Å². The SMILES string of the molecule is O=C(Nc1cccc(S(=O)(=O)c2ccccc2)c1)c1ccccc1O. The molecule has 25 heavy (non-hydrogen) atoms. The molecule has 0 aliphatic carbocycles. The van der Waals surface area contributed by atoms with Gasteiger partial charge in [-0.2, -0.15) is 0 Å². The van der Waals surface area contributed by atoms with E-state index in [1.54, 1.807) is 42.5 Å². The first-order chi connectivity index (χ1) is 12.0. The summed E-state index contributed by atoms with van der Waals surface area (Å²) in [6.07, 6.45) is 0. The number of nitrogens with one attached hydrogen (secondary N) is 1. The minimum atomic E-state index is -3.67. The van der Waals surface area contributed by atoms with Crippen molar-refractivity contribution >= 4 is 21.4 Å². The topological polar surface area (TPSA) is 83.5 Å². The van der Waals surface area contributed by atoms with Crippen LogP contribution >= 0.6 is 0 Å². The van der Waals surface area contributed by atoms with Gasteiger partial charge in [0.1, 0.15) is 5.75 Å². The van der Waals surface area contributed by atoms with Crippen LogP contribution in [0.15, 0.2) is 88.7 Å². The van der Waals surface area contributed by atoms with Crippen LogP contribution in [0.3, 0.4) is 0 Å². The Labute approximate surface area is 145 Å². The first-order valence-electron chi connectivity index (χ1n) is 7.48. The Morgan fingerprint density at radius 1 is 0.800 bits per heavy atom. The van der Waals surface area contributed by atoms with Gasteiger partial charge in [0.25, 0.3) is 5.91 Å². The molecule has 5 nitrogen and oxygen atoms in total. The van der Waals surface area contributed by atoms with Crippen LogP contribution in [0.25, 0.3) is 0 Å². The molecule has 3 aromatic rings. The van der Waals surface area contributed by atoms with Gasteiger partial charge in [-0.05, 0) is 42.5 Å². The second-order valence-corrected chi connectivity index (χ2v) is 7.27. The van der Waals surface area contributed by atoms with Gasteiger partial charge in [-0.3, -0.25) is 4.79 Å². The predicted molar refractivity (Wildman–Crippen MR) is 94.4 cm³/mol. The number of amides is 1. The number of benzene rings is 3. The summed E-state index contributed by atoms with van der Waals surface area (Å²) >= 11 is 0. The molecule has 0 aromatic heterocycles. The summed E-state index contributed by atoms with van der Waals surface area (Å²) < 4.78 is 25.3. The predicted octanol–water partition coefficient (Wildman–Crippen LogP) is 3.48. The molecule has 2 N–H and O–H groups in total. The molecule has 0 aliphatic heterocycles. The second kappa shape index (κ2) is 6.78. The molecule has 0 saturated carbocycles. The fraction of sp³-hybridized carbons (Fsp3) is 0. The molecule has 0 unspecified atom stereocenters. The summed E-state index contributed by atoms with van der Waals surface area (Å²) in [5, 5.41) is 12.3. The van der Waals surface area contributed by atoms with Crippen LogP contribution in [0.1, 0.15) is 10.4 Å². The van der Waals surface area contributed by atoms with Gasteiger partial charge >= 0.3 is 0 Å². The number of carbonyl (C=O) groups excluding carboxylic acids is 1. The van der Waals surface area contributed by atoms with Gasteiger partial charge in [0.2, 0.25) is 9.84 Å². The number of hydrogen-bond acceptors (Lipinski definition) is 4. The summed E-state index contributed by atoms with van der Waals surface area (Å²) in [5.74, 6) is -0.666. The van der Waals surface area contributed by atoms with E-state index in [4.69, 9.17) is 0 Å². The second-order valence-electron chi connectivity index (χ2n) is 5.32. The maximum atomic E-state index is 12.6. The van der Waals surface area contributed by atoms with E-state index >= 15 is 0 Å². The Kier molecular flexibility index (Phi) is 4.54. The van der Waals surface area contributed by atoms with Crippen molar-refractivity contribution in [1.82, 2.24) is 0 Å². The lowest BCUT2D eigenvalue weighted by Crippen LogP contribution is -2.12.